The molecule has 31 heavy (non-hydrogen) atoms. The predicted octanol–water partition coefficient (Wildman–Crippen LogP) is 5.32. The number of alkyl halides is 3. The summed E-state index contributed by atoms with van der Waals surface area (Å²) in [6.45, 7) is 0. The first kappa shape index (κ1) is 19.4. The molecule has 3 aromatic rings. The van der Waals surface area contributed by atoms with Crippen LogP contribution in [0.3, 0.4) is 0 Å². The molecule has 8 heteroatoms. The largest absolute Gasteiger partial charge is 0.457 e. The van der Waals surface area contributed by atoms with Gasteiger partial charge in [-0.1, -0.05) is 30.3 Å². The molecule has 1 aliphatic heterocycles. The highest BCUT2D eigenvalue weighted by Crippen LogP contribution is 2.42. The summed E-state index contributed by atoms with van der Waals surface area (Å²) in [5.41, 5.74) is 1.14. The van der Waals surface area contributed by atoms with Crippen molar-refractivity contribution in [3.63, 3.8) is 0 Å². The molecule has 0 radical (unpaired) electrons. The lowest BCUT2D eigenvalue weighted by atomic mass is 9.95. The number of aryl methyl sites for hydroxylation is 1. The normalized spacial score (nSPS) is 20.5. The first-order chi connectivity index (χ1) is 14.8. The smallest absolute Gasteiger partial charge is 0.417 e. The number of halogens is 3. The molecule has 2 aliphatic rings. The highest BCUT2D eigenvalue weighted by molar-refractivity contribution is 6.00. The van der Waals surface area contributed by atoms with E-state index < -0.39 is 29.8 Å². The number of nitrogens with one attached hydrogen (secondary N) is 1. The second-order valence-electron chi connectivity index (χ2n) is 7.58. The van der Waals surface area contributed by atoms with Crippen molar-refractivity contribution >= 4 is 22.8 Å². The minimum atomic E-state index is -4.46. The molecule has 1 aliphatic carbocycles. The number of carbonyl (C=O) groups is 2. The van der Waals surface area contributed by atoms with Gasteiger partial charge in [-0.2, -0.15) is 13.2 Å². The van der Waals surface area contributed by atoms with Crippen molar-refractivity contribution in [2.24, 2.45) is 0 Å². The van der Waals surface area contributed by atoms with Gasteiger partial charge in [0.15, 0.2) is 6.10 Å². The fraction of sp³-hybridized carbons (Fsp3) is 0.217. The summed E-state index contributed by atoms with van der Waals surface area (Å²) >= 11 is 0. The number of carbonyl (C=O) groups excluding carboxylic acids is 2. The lowest BCUT2D eigenvalue weighted by molar-refractivity contribution is -0.136. The highest BCUT2D eigenvalue weighted by Gasteiger charge is 2.42. The second-order valence-corrected chi connectivity index (χ2v) is 7.58. The third kappa shape index (κ3) is 3.37. The molecule has 1 saturated heterocycles. The molecule has 5 nitrogen and oxygen atoms in total. The number of alkyl carbamates (subject to hydrolysis) is 1. The molecular weight excluding hydrogens is 411 g/mol. The molecular formula is C23H16F3NO4. The van der Waals surface area contributed by atoms with Crippen LogP contribution in [-0.2, 0) is 22.1 Å². The van der Waals surface area contributed by atoms with Crippen molar-refractivity contribution < 1.29 is 32.2 Å². The van der Waals surface area contributed by atoms with Gasteiger partial charge in [-0.25, -0.2) is 4.79 Å². The zero-order valence-electron chi connectivity index (χ0n) is 16.0. The van der Waals surface area contributed by atoms with E-state index in [1.54, 1.807) is 24.3 Å². The molecule has 1 heterocycles. The van der Waals surface area contributed by atoms with Gasteiger partial charge in [0.2, 0.25) is 0 Å². The molecule has 0 spiro atoms. The van der Waals surface area contributed by atoms with E-state index in [9.17, 15) is 22.8 Å². The Morgan fingerprint density at radius 3 is 2.48 bits per heavy atom. The zero-order valence-corrected chi connectivity index (χ0v) is 16.0. The number of cyclic esters (lactones) is 1. The number of hydrogen-bond acceptors (Lipinski definition) is 4. The summed E-state index contributed by atoms with van der Waals surface area (Å²) < 4.78 is 51.1. The Kier molecular flexibility index (Phi) is 4.39. The number of fused-ring (bicyclic) bond motifs is 2. The topological polar surface area (TPSA) is 64.6 Å². The van der Waals surface area contributed by atoms with Gasteiger partial charge in [0.05, 0.1) is 5.56 Å². The van der Waals surface area contributed by atoms with Crippen LogP contribution in [0.5, 0.6) is 11.5 Å². The van der Waals surface area contributed by atoms with E-state index in [0.29, 0.717) is 29.7 Å². The Bertz CT molecular complexity index is 1220. The van der Waals surface area contributed by atoms with E-state index in [0.717, 1.165) is 17.2 Å². The van der Waals surface area contributed by atoms with Gasteiger partial charge in [-0.15, -0.1) is 0 Å². The Labute approximate surface area is 174 Å². The Balaban J connectivity index is 1.46. The van der Waals surface area contributed by atoms with Crippen LogP contribution >= 0.6 is 0 Å². The first-order valence-corrected chi connectivity index (χ1v) is 9.72. The first-order valence-electron chi connectivity index (χ1n) is 9.72. The molecule has 0 bridgehead atoms. The quantitative estimate of drug-likeness (QED) is 0.615. The molecule has 0 saturated carbocycles. The van der Waals surface area contributed by atoms with Gasteiger partial charge in [0.1, 0.15) is 11.5 Å². The predicted molar refractivity (Wildman–Crippen MR) is 105 cm³/mol. The zero-order chi connectivity index (χ0) is 21.8. The average Bonchev–Trinajstić information content (AvgIpc) is 3.29. The number of hydrogen-bond donors (Lipinski definition) is 1. The summed E-state index contributed by atoms with van der Waals surface area (Å²) in [4.78, 5) is 23.3. The molecule has 2 amide bonds. The molecule has 1 fully saturated rings. The number of rotatable bonds is 3. The van der Waals surface area contributed by atoms with Crippen LogP contribution in [0.25, 0.3) is 10.8 Å². The van der Waals surface area contributed by atoms with E-state index in [1.807, 2.05) is 12.1 Å². The van der Waals surface area contributed by atoms with Crippen LogP contribution in [0, 0.1) is 0 Å². The maximum atomic E-state index is 13.3. The van der Waals surface area contributed by atoms with Gasteiger partial charge in [0, 0.05) is 11.3 Å². The lowest BCUT2D eigenvalue weighted by Gasteiger charge is -2.17. The Morgan fingerprint density at radius 1 is 1.00 bits per heavy atom. The fourth-order valence-corrected chi connectivity index (χ4v) is 4.37. The number of imide groups is 1. The van der Waals surface area contributed by atoms with E-state index >= 15 is 0 Å². The molecule has 158 valence electrons. The second kappa shape index (κ2) is 7.01. The van der Waals surface area contributed by atoms with Gasteiger partial charge in [-0.05, 0) is 53.6 Å². The van der Waals surface area contributed by atoms with Crippen molar-refractivity contribution in [2.75, 3.05) is 0 Å². The molecule has 3 aromatic carbocycles. The number of ether oxygens (including phenoxy) is 2. The van der Waals surface area contributed by atoms with Crippen molar-refractivity contribution in [1.82, 2.24) is 5.32 Å². The van der Waals surface area contributed by atoms with Gasteiger partial charge >= 0.3 is 12.3 Å². The Morgan fingerprint density at radius 2 is 1.77 bits per heavy atom. The van der Waals surface area contributed by atoms with Gasteiger partial charge < -0.3 is 9.47 Å². The van der Waals surface area contributed by atoms with Crippen molar-refractivity contribution in [3.8, 4) is 11.5 Å². The summed E-state index contributed by atoms with van der Waals surface area (Å²) in [6.07, 6.45) is -4.73. The van der Waals surface area contributed by atoms with Crippen LogP contribution in [0.4, 0.5) is 18.0 Å². The van der Waals surface area contributed by atoms with Crippen LogP contribution in [0.15, 0.2) is 54.6 Å². The van der Waals surface area contributed by atoms with E-state index in [1.165, 1.54) is 12.1 Å². The maximum absolute atomic E-state index is 13.3. The minimum absolute atomic E-state index is 0.0720. The van der Waals surface area contributed by atoms with Crippen LogP contribution in [-0.4, -0.2) is 18.1 Å². The van der Waals surface area contributed by atoms with E-state index in [2.05, 4.69) is 5.32 Å². The molecule has 0 aromatic heterocycles. The van der Waals surface area contributed by atoms with E-state index in [-0.39, 0.29) is 11.3 Å². The minimum Gasteiger partial charge on any atom is -0.457 e. The molecule has 1 N–H and O–H groups in total. The number of benzene rings is 3. The SMILES string of the molecule is O=C1NC(=O)[C@@H]([C@@H]2CCc3cc(Oc4ccc(C(F)(F)F)c5ccccc45)ccc32)O1. The van der Waals surface area contributed by atoms with Crippen molar-refractivity contribution in [1.29, 1.82) is 0 Å². The number of amides is 2. The Hall–Kier alpha value is -3.55. The third-order valence-electron chi connectivity index (χ3n) is 5.74. The summed E-state index contributed by atoms with van der Waals surface area (Å²) in [6, 6.07) is 13.9. The highest BCUT2D eigenvalue weighted by atomic mass is 19.4. The van der Waals surface area contributed by atoms with Crippen LogP contribution in [0.1, 0.15) is 29.0 Å². The standard InChI is InChI=1S/C23H16F3NO4/c24-23(25,26)18-9-10-19(16-4-2-1-3-15(16)18)30-13-6-8-14-12(11-13)5-7-17(14)20-21(28)27-22(29)31-20/h1-4,6,8-11,17,20H,5,7H2,(H,27,28,29)/t17-,20-/m1/s1. The van der Waals surface area contributed by atoms with Crippen LogP contribution < -0.4 is 10.1 Å². The summed E-state index contributed by atoms with van der Waals surface area (Å²) in [7, 11) is 0. The molecule has 0 unspecified atom stereocenters. The fourth-order valence-electron chi connectivity index (χ4n) is 4.37. The van der Waals surface area contributed by atoms with E-state index in [4.69, 9.17) is 9.47 Å². The maximum Gasteiger partial charge on any atom is 0.417 e. The average molecular weight is 427 g/mol. The van der Waals surface area contributed by atoms with Gasteiger partial charge in [-0.3, -0.25) is 10.1 Å². The monoisotopic (exact) mass is 427 g/mol. The van der Waals surface area contributed by atoms with Crippen molar-refractivity contribution in [2.45, 2.75) is 31.0 Å². The van der Waals surface area contributed by atoms with Crippen LogP contribution in [0.2, 0.25) is 0 Å². The summed E-state index contributed by atoms with van der Waals surface area (Å²) in [5, 5.41) is 2.58. The summed E-state index contributed by atoms with van der Waals surface area (Å²) in [5.74, 6) is 0.126. The molecule has 5 rings (SSSR count). The third-order valence-corrected chi connectivity index (χ3v) is 5.74. The molecule has 2 atom stereocenters. The van der Waals surface area contributed by atoms with Gasteiger partial charge in [0.25, 0.3) is 5.91 Å². The lowest BCUT2D eigenvalue weighted by Crippen LogP contribution is -2.28. The van der Waals surface area contributed by atoms with Crippen molar-refractivity contribution in [3.05, 3.63) is 71.3 Å².